The Kier molecular flexibility index (Phi) is 4.76. The molecule has 22 heavy (non-hydrogen) atoms. The van der Waals surface area contributed by atoms with Gasteiger partial charge in [0.1, 0.15) is 5.75 Å². The van der Waals surface area contributed by atoms with Crippen LogP contribution in [0.25, 0.3) is 5.65 Å². The molecule has 3 aromatic rings. The lowest BCUT2D eigenvalue weighted by Gasteiger charge is -2.08. The Morgan fingerprint density at radius 2 is 2.05 bits per heavy atom. The standard InChI is InChI=1S/C15H13Cl2N3OS/c1-10-4-2-3-5-13(10)21-6-7-22-15-19-18-14-12(17)8-11(16)9-20(14)15/h2-5,8-9H,6-7H2,1H3. The predicted molar refractivity (Wildman–Crippen MR) is 90.4 cm³/mol. The van der Waals surface area contributed by atoms with E-state index in [1.54, 1.807) is 28.4 Å². The maximum absolute atomic E-state index is 6.09. The average molecular weight is 354 g/mol. The summed E-state index contributed by atoms with van der Waals surface area (Å²) in [5.74, 6) is 1.65. The molecule has 2 heterocycles. The topological polar surface area (TPSA) is 39.4 Å². The van der Waals surface area contributed by atoms with Gasteiger partial charge in [-0.25, -0.2) is 0 Å². The summed E-state index contributed by atoms with van der Waals surface area (Å²) in [6.45, 7) is 2.61. The van der Waals surface area contributed by atoms with Crippen molar-refractivity contribution in [3.8, 4) is 5.75 Å². The van der Waals surface area contributed by atoms with E-state index in [1.165, 1.54) is 0 Å². The van der Waals surface area contributed by atoms with Crippen LogP contribution in [-0.4, -0.2) is 27.0 Å². The van der Waals surface area contributed by atoms with Crippen molar-refractivity contribution in [3.63, 3.8) is 0 Å². The number of rotatable bonds is 5. The number of fused-ring (bicyclic) bond motifs is 1. The van der Waals surface area contributed by atoms with Crippen LogP contribution in [0.1, 0.15) is 5.56 Å². The largest absolute Gasteiger partial charge is 0.492 e. The second kappa shape index (κ2) is 6.77. The lowest BCUT2D eigenvalue weighted by Crippen LogP contribution is -2.02. The molecule has 0 aliphatic carbocycles. The number of nitrogens with zero attached hydrogens (tertiary/aromatic N) is 3. The first-order chi connectivity index (χ1) is 10.6. The van der Waals surface area contributed by atoms with E-state index in [4.69, 9.17) is 27.9 Å². The van der Waals surface area contributed by atoms with Gasteiger partial charge in [-0.05, 0) is 24.6 Å². The van der Waals surface area contributed by atoms with Crippen molar-refractivity contribution in [2.45, 2.75) is 12.1 Å². The van der Waals surface area contributed by atoms with Crippen molar-refractivity contribution in [1.29, 1.82) is 0 Å². The number of halogens is 2. The molecule has 0 unspecified atom stereocenters. The molecule has 114 valence electrons. The van der Waals surface area contributed by atoms with E-state index in [0.29, 0.717) is 22.3 Å². The summed E-state index contributed by atoms with van der Waals surface area (Å²) < 4.78 is 7.56. The van der Waals surface area contributed by atoms with Crippen LogP contribution in [0.5, 0.6) is 5.75 Å². The lowest BCUT2D eigenvalue weighted by atomic mass is 10.2. The number of hydrogen-bond donors (Lipinski definition) is 0. The van der Waals surface area contributed by atoms with Gasteiger partial charge in [-0.1, -0.05) is 53.2 Å². The summed E-state index contributed by atoms with van der Waals surface area (Å²) >= 11 is 13.7. The number of aryl methyl sites for hydroxylation is 1. The molecule has 0 amide bonds. The average Bonchev–Trinajstić information content (AvgIpc) is 2.88. The van der Waals surface area contributed by atoms with Crippen LogP contribution in [0, 0.1) is 6.92 Å². The highest BCUT2D eigenvalue weighted by atomic mass is 35.5. The zero-order valence-corrected chi connectivity index (χ0v) is 14.1. The maximum Gasteiger partial charge on any atom is 0.195 e. The van der Waals surface area contributed by atoms with Gasteiger partial charge in [-0.2, -0.15) is 0 Å². The van der Waals surface area contributed by atoms with Crippen molar-refractivity contribution in [2.75, 3.05) is 12.4 Å². The predicted octanol–water partition coefficient (Wildman–Crippen LogP) is 4.52. The van der Waals surface area contributed by atoms with Gasteiger partial charge in [0.25, 0.3) is 0 Å². The number of ether oxygens (including phenoxy) is 1. The van der Waals surface area contributed by atoms with Crippen LogP contribution in [0.15, 0.2) is 41.7 Å². The first-order valence-electron chi connectivity index (χ1n) is 6.66. The molecule has 0 fully saturated rings. The third kappa shape index (κ3) is 3.32. The fourth-order valence-corrected chi connectivity index (χ4v) is 3.24. The lowest BCUT2D eigenvalue weighted by molar-refractivity contribution is 0.341. The maximum atomic E-state index is 6.09. The van der Waals surface area contributed by atoms with Crippen LogP contribution < -0.4 is 4.74 Å². The molecular weight excluding hydrogens is 341 g/mol. The van der Waals surface area contributed by atoms with Crippen molar-refractivity contribution in [1.82, 2.24) is 14.6 Å². The Morgan fingerprint density at radius 1 is 1.23 bits per heavy atom. The van der Waals surface area contributed by atoms with E-state index in [-0.39, 0.29) is 0 Å². The molecule has 0 spiro atoms. The van der Waals surface area contributed by atoms with Crippen LogP contribution >= 0.6 is 35.0 Å². The Balaban J connectivity index is 1.64. The van der Waals surface area contributed by atoms with Gasteiger partial charge in [0.15, 0.2) is 10.8 Å². The van der Waals surface area contributed by atoms with Gasteiger partial charge in [-0.15, -0.1) is 10.2 Å². The summed E-state index contributed by atoms with van der Waals surface area (Å²) in [5, 5.41) is 9.99. The molecule has 3 rings (SSSR count). The Bertz CT molecular complexity index is 807. The monoisotopic (exact) mass is 353 g/mol. The van der Waals surface area contributed by atoms with E-state index in [0.717, 1.165) is 22.2 Å². The summed E-state index contributed by atoms with van der Waals surface area (Å²) in [7, 11) is 0. The van der Waals surface area contributed by atoms with Crippen molar-refractivity contribution in [2.24, 2.45) is 0 Å². The third-order valence-electron chi connectivity index (χ3n) is 3.06. The smallest absolute Gasteiger partial charge is 0.195 e. The van der Waals surface area contributed by atoms with E-state index in [1.807, 2.05) is 31.2 Å². The first kappa shape index (κ1) is 15.5. The number of thioether (sulfide) groups is 1. The second-order valence-electron chi connectivity index (χ2n) is 4.64. The molecule has 0 radical (unpaired) electrons. The van der Waals surface area contributed by atoms with Crippen molar-refractivity contribution in [3.05, 3.63) is 52.1 Å². The second-order valence-corrected chi connectivity index (χ2v) is 6.55. The Morgan fingerprint density at radius 3 is 2.86 bits per heavy atom. The highest BCUT2D eigenvalue weighted by Gasteiger charge is 2.10. The summed E-state index contributed by atoms with van der Waals surface area (Å²) in [4.78, 5) is 0. The van der Waals surface area contributed by atoms with Crippen LogP contribution in [-0.2, 0) is 0 Å². The van der Waals surface area contributed by atoms with Gasteiger partial charge in [0.2, 0.25) is 0 Å². The number of aromatic nitrogens is 3. The van der Waals surface area contributed by atoms with Crippen LogP contribution in [0.4, 0.5) is 0 Å². The molecule has 2 aromatic heterocycles. The van der Waals surface area contributed by atoms with Gasteiger partial charge in [0, 0.05) is 11.9 Å². The van der Waals surface area contributed by atoms with Gasteiger partial charge in [-0.3, -0.25) is 4.40 Å². The molecule has 0 aliphatic rings. The van der Waals surface area contributed by atoms with E-state index < -0.39 is 0 Å². The highest BCUT2D eigenvalue weighted by molar-refractivity contribution is 7.99. The minimum absolute atomic E-state index is 0.489. The molecule has 0 atom stereocenters. The minimum Gasteiger partial charge on any atom is -0.492 e. The molecule has 7 heteroatoms. The van der Waals surface area contributed by atoms with E-state index >= 15 is 0 Å². The first-order valence-corrected chi connectivity index (χ1v) is 8.40. The molecule has 1 aromatic carbocycles. The number of pyridine rings is 1. The third-order valence-corrected chi connectivity index (χ3v) is 4.45. The molecule has 0 saturated heterocycles. The number of hydrogen-bond acceptors (Lipinski definition) is 4. The fourth-order valence-electron chi connectivity index (χ4n) is 2.00. The van der Waals surface area contributed by atoms with Crippen molar-refractivity contribution < 1.29 is 4.74 Å². The quantitative estimate of drug-likeness (QED) is 0.499. The van der Waals surface area contributed by atoms with Gasteiger partial charge < -0.3 is 4.74 Å². The molecular formula is C15H13Cl2N3OS. The van der Waals surface area contributed by atoms with Gasteiger partial charge in [0.05, 0.1) is 16.7 Å². The minimum atomic E-state index is 0.489. The summed E-state index contributed by atoms with van der Waals surface area (Å²) in [6.07, 6.45) is 1.76. The summed E-state index contributed by atoms with van der Waals surface area (Å²) in [6, 6.07) is 9.60. The Labute approximate surface area is 142 Å². The zero-order valence-electron chi connectivity index (χ0n) is 11.8. The number of para-hydroxylation sites is 1. The van der Waals surface area contributed by atoms with E-state index in [2.05, 4.69) is 10.2 Å². The summed E-state index contributed by atoms with van der Waals surface area (Å²) in [5.41, 5.74) is 1.73. The normalized spacial score (nSPS) is 11.0. The van der Waals surface area contributed by atoms with Crippen molar-refractivity contribution >= 4 is 40.6 Å². The molecule has 4 nitrogen and oxygen atoms in total. The van der Waals surface area contributed by atoms with Crippen LogP contribution in [0.2, 0.25) is 10.0 Å². The molecule has 0 aliphatic heterocycles. The molecule has 0 bridgehead atoms. The van der Waals surface area contributed by atoms with E-state index in [9.17, 15) is 0 Å². The number of benzene rings is 1. The Hall–Kier alpha value is -1.43. The molecule has 0 saturated carbocycles. The fraction of sp³-hybridized carbons (Fsp3) is 0.200. The van der Waals surface area contributed by atoms with Crippen LogP contribution in [0.3, 0.4) is 0 Å². The molecule has 0 N–H and O–H groups in total. The zero-order chi connectivity index (χ0) is 15.5. The highest BCUT2D eigenvalue weighted by Crippen LogP contribution is 2.25. The van der Waals surface area contributed by atoms with Gasteiger partial charge >= 0.3 is 0 Å². The SMILES string of the molecule is Cc1ccccc1OCCSc1nnc2c(Cl)cc(Cl)cn12.